The first-order valence-corrected chi connectivity index (χ1v) is 10.0. The second kappa shape index (κ2) is 11.1. The van der Waals surface area contributed by atoms with Crippen molar-refractivity contribution in [3.05, 3.63) is 0 Å². The monoisotopic (exact) mass is 341 g/mol. The van der Waals surface area contributed by atoms with Gasteiger partial charge in [0, 0.05) is 31.7 Å². The van der Waals surface area contributed by atoms with Crippen LogP contribution in [0.1, 0.15) is 74.1 Å². The highest BCUT2D eigenvalue weighted by Crippen LogP contribution is 2.39. The molecule has 2 aliphatic rings. The molecule has 1 saturated carbocycles. The van der Waals surface area contributed by atoms with Crippen molar-refractivity contribution in [2.75, 3.05) is 39.8 Å². The summed E-state index contributed by atoms with van der Waals surface area (Å²) < 4.78 is 0. The van der Waals surface area contributed by atoms with Gasteiger partial charge in [-0.2, -0.15) is 0 Å². The molecule has 1 amide bonds. The van der Waals surface area contributed by atoms with Gasteiger partial charge in [-0.15, -0.1) is 0 Å². The van der Waals surface area contributed by atoms with Gasteiger partial charge in [0.2, 0.25) is 5.91 Å². The highest BCUT2D eigenvalue weighted by molar-refractivity contribution is 5.78. The fourth-order valence-corrected chi connectivity index (χ4v) is 3.19. The van der Waals surface area contributed by atoms with Crippen LogP contribution in [0.15, 0.2) is 0 Å². The summed E-state index contributed by atoms with van der Waals surface area (Å²) in [6.07, 6.45) is 4.62. The third kappa shape index (κ3) is 8.48. The lowest BCUT2D eigenvalue weighted by molar-refractivity contribution is -0.125. The van der Waals surface area contributed by atoms with Crippen LogP contribution in [-0.2, 0) is 4.79 Å². The van der Waals surface area contributed by atoms with Gasteiger partial charge in [-0.25, -0.2) is 0 Å². The summed E-state index contributed by atoms with van der Waals surface area (Å²) >= 11 is 0. The molecule has 24 heavy (non-hydrogen) atoms. The van der Waals surface area contributed by atoms with Crippen molar-refractivity contribution in [1.29, 1.82) is 0 Å². The Labute approximate surface area is 151 Å². The van der Waals surface area contributed by atoms with Crippen molar-refractivity contribution in [3.63, 3.8) is 0 Å². The molecule has 1 heterocycles. The molecule has 0 radical (unpaired) electrons. The molecular weight excluding hydrogens is 298 g/mol. The van der Waals surface area contributed by atoms with Gasteiger partial charge in [-0.1, -0.05) is 41.5 Å². The molecule has 0 spiro atoms. The molecule has 1 aliphatic carbocycles. The fraction of sp³-hybridized carbons (Fsp3) is 0.950. The molecule has 1 aliphatic heterocycles. The number of piperazine rings is 1. The number of carbonyl (C=O) groups is 1. The van der Waals surface area contributed by atoms with Crippen LogP contribution in [0.2, 0.25) is 0 Å². The Morgan fingerprint density at radius 3 is 1.79 bits per heavy atom. The average Bonchev–Trinajstić information content (AvgIpc) is 2.57. The third-order valence-corrected chi connectivity index (χ3v) is 5.11. The van der Waals surface area contributed by atoms with Gasteiger partial charge < -0.3 is 10.2 Å². The molecule has 2 fully saturated rings. The molecule has 1 saturated heterocycles. The van der Waals surface area contributed by atoms with E-state index in [0.29, 0.717) is 12.0 Å². The molecule has 0 aromatic carbocycles. The minimum atomic E-state index is 0.0131. The Morgan fingerprint density at radius 2 is 1.33 bits per heavy atom. The van der Waals surface area contributed by atoms with Crippen LogP contribution in [0.25, 0.3) is 0 Å². The van der Waals surface area contributed by atoms with Crippen LogP contribution >= 0.6 is 0 Å². The largest absolute Gasteiger partial charge is 0.350 e. The predicted octanol–water partition coefficient (Wildman–Crippen LogP) is 3.76. The lowest BCUT2D eigenvalue weighted by Crippen LogP contribution is -2.54. The molecule has 0 atom stereocenters. The maximum absolute atomic E-state index is 12.3. The predicted molar refractivity (Wildman–Crippen MR) is 105 cm³/mol. The molecular formula is C20H43N3O. The quantitative estimate of drug-likeness (QED) is 0.849. The van der Waals surface area contributed by atoms with E-state index < -0.39 is 0 Å². The van der Waals surface area contributed by atoms with Gasteiger partial charge in [0.05, 0.1) is 6.54 Å². The van der Waals surface area contributed by atoms with Crippen LogP contribution in [0, 0.1) is 5.41 Å². The number of amides is 1. The molecule has 4 heteroatoms. The zero-order chi connectivity index (χ0) is 18.8. The second-order valence-corrected chi connectivity index (χ2v) is 7.85. The number of nitrogens with zero attached hydrogens (tertiary/aromatic N) is 2. The average molecular weight is 342 g/mol. The maximum atomic E-state index is 12.3. The van der Waals surface area contributed by atoms with Crippen molar-refractivity contribution in [3.8, 4) is 0 Å². The summed E-state index contributed by atoms with van der Waals surface area (Å²) in [6.45, 7) is 19.6. The molecule has 4 nitrogen and oxygen atoms in total. The van der Waals surface area contributed by atoms with Crippen LogP contribution < -0.4 is 5.32 Å². The summed E-state index contributed by atoms with van der Waals surface area (Å²) in [5.74, 6) is 0.205. The molecule has 0 bridgehead atoms. The maximum Gasteiger partial charge on any atom is 0.234 e. The highest BCUT2D eigenvalue weighted by atomic mass is 16.2. The minimum Gasteiger partial charge on any atom is -0.350 e. The van der Waals surface area contributed by atoms with Gasteiger partial charge >= 0.3 is 0 Å². The third-order valence-electron chi connectivity index (χ3n) is 5.11. The normalized spacial score (nSPS) is 23.2. The van der Waals surface area contributed by atoms with Gasteiger partial charge in [0.25, 0.3) is 0 Å². The van der Waals surface area contributed by atoms with Crippen molar-refractivity contribution >= 4 is 5.91 Å². The van der Waals surface area contributed by atoms with E-state index in [0.717, 1.165) is 39.0 Å². The first-order valence-electron chi connectivity index (χ1n) is 10.0. The zero-order valence-electron chi connectivity index (χ0n) is 17.7. The Morgan fingerprint density at radius 1 is 0.875 bits per heavy atom. The van der Waals surface area contributed by atoms with Crippen LogP contribution in [0.5, 0.6) is 0 Å². The summed E-state index contributed by atoms with van der Waals surface area (Å²) in [5.41, 5.74) is 0.459. The Bertz CT molecular complexity index is 337. The lowest BCUT2D eigenvalue weighted by atomic mass is 9.70. The van der Waals surface area contributed by atoms with E-state index in [4.69, 9.17) is 0 Å². The number of rotatable bonds is 3. The first kappa shape index (κ1) is 23.4. The van der Waals surface area contributed by atoms with Crippen molar-refractivity contribution < 1.29 is 4.79 Å². The highest BCUT2D eigenvalue weighted by Gasteiger charge is 2.35. The summed E-state index contributed by atoms with van der Waals surface area (Å²) in [4.78, 5) is 16.8. The Hall–Kier alpha value is -0.610. The Kier molecular flexibility index (Phi) is 10.8. The van der Waals surface area contributed by atoms with E-state index >= 15 is 0 Å². The van der Waals surface area contributed by atoms with Gasteiger partial charge in [-0.05, 0) is 45.1 Å². The Balaban J connectivity index is 0.00000123. The number of likely N-dealkylation sites (N-methyl/N-ethyl adjacent to an activating group) is 1. The summed E-state index contributed by atoms with van der Waals surface area (Å²) in [7, 11) is 2.14. The fourth-order valence-electron chi connectivity index (χ4n) is 3.19. The number of carbonyl (C=O) groups excluding carboxylic acids is 1. The van der Waals surface area contributed by atoms with E-state index in [2.05, 4.69) is 42.9 Å². The van der Waals surface area contributed by atoms with Gasteiger partial charge in [0.15, 0.2) is 0 Å². The van der Waals surface area contributed by atoms with E-state index in [1.54, 1.807) is 0 Å². The molecule has 2 rings (SSSR count). The zero-order valence-corrected chi connectivity index (χ0v) is 17.7. The lowest BCUT2D eigenvalue weighted by Gasteiger charge is -2.42. The first-order chi connectivity index (χ1) is 11.3. The van der Waals surface area contributed by atoms with Crippen LogP contribution in [0.3, 0.4) is 0 Å². The second-order valence-electron chi connectivity index (χ2n) is 7.85. The van der Waals surface area contributed by atoms with Gasteiger partial charge in [0.1, 0.15) is 0 Å². The molecule has 0 unspecified atom stereocenters. The van der Waals surface area contributed by atoms with Crippen LogP contribution in [0.4, 0.5) is 0 Å². The number of nitrogens with one attached hydrogen (secondary N) is 1. The van der Waals surface area contributed by atoms with Crippen molar-refractivity contribution in [1.82, 2.24) is 15.1 Å². The topological polar surface area (TPSA) is 35.6 Å². The van der Waals surface area contributed by atoms with Gasteiger partial charge in [-0.3, -0.25) is 9.69 Å². The van der Waals surface area contributed by atoms with Crippen molar-refractivity contribution in [2.24, 2.45) is 5.41 Å². The molecule has 1 N–H and O–H groups in total. The molecule has 0 aromatic heterocycles. The van der Waals surface area contributed by atoms with E-state index in [-0.39, 0.29) is 11.4 Å². The minimum absolute atomic E-state index is 0.0131. The van der Waals surface area contributed by atoms with E-state index in [9.17, 15) is 4.79 Å². The van der Waals surface area contributed by atoms with Crippen molar-refractivity contribution in [2.45, 2.75) is 79.7 Å². The standard InChI is InChI=1S/C16H31N3O.2C2H6/c1-15(2)5-7-16(3,8-6-15)17-14(20)13-19-11-9-18(4)10-12-19;2*1-2/h5-13H2,1-4H3,(H,17,20);2*1-2H3. The summed E-state index contributed by atoms with van der Waals surface area (Å²) in [6, 6.07) is 0. The number of hydrogen-bond acceptors (Lipinski definition) is 3. The number of hydrogen-bond donors (Lipinski definition) is 1. The van der Waals surface area contributed by atoms with Crippen LogP contribution in [-0.4, -0.2) is 61.0 Å². The smallest absolute Gasteiger partial charge is 0.234 e. The summed E-state index contributed by atoms with van der Waals surface area (Å²) in [5, 5.41) is 3.30. The molecule has 0 aromatic rings. The molecule has 144 valence electrons. The SMILES string of the molecule is CC.CC.CN1CCN(CC(=O)NC2(C)CCC(C)(C)CC2)CC1. The van der Waals surface area contributed by atoms with E-state index in [1.807, 2.05) is 27.7 Å². The van der Waals surface area contributed by atoms with E-state index in [1.165, 1.54) is 12.8 Å².